The van der Waals surface area contributed by atoms with Gasteiger partial charge in [0.25, 0.3) is 0 Å². The summed E-state index contributed by atoms with van der Waals surface area (Å²) in [6.07, 6.45) is 17.5. The standard InChI is InChI=1S/C17H30O2/c1-16-12-10-8-6-4-2-3-5-7-9-11-13-17(18)19-15-14-16/h10,12,16H,2-9,11,13-15H2,1H3/b12-10+. The van der Waals surface area contributed by atoms with Gasteiger partial charge in [-0.3, -0.25) is 4.79 Å². The van der Waals surface area contributed by atoms with Crippen LogP contribution in [0.25, 0.3) is 0 Å². The van der Waals surface area contributed by atoms with Crippen LogP contribution in [0.3, 0.4) is 0 Å². The van der Waals surface area contributed by atoms with Gasteiger partial charge in [-0.2, -0.15) is 0 Å². The lowest BCUT2D eigenvalue weighted by Gasteiger charge is -2.07. The highest BCUT2D eigenvalue weighted by molar-refractivity contribution is 5.69. The molecule has 0 bridgehead atoms. The van der Waals surface area contributed by atoms with Crippen molar-refractivity contribution < 1.29 is 9.53 Å². The second kappa shape index (κ2) is 11.1. The molecule has 0 aliphatic carbocycles. The van der Waals surface area contributed by atoms with Crippen molar-refractivity contribution in [2.75, 3.05) is 6.61 Å². The van der Waals surface area contributed by atoms with Crippen molar-refractivity contribution in [1.29, 1.82) is 0 Å². The molecular formula is C17H30O2. The Kier molecular flexibility index (Phi) is 9.48. The van der Waals surface area contributed by atoms with E-state index in [1.54, 1.807) is 0 Å². The van der Waals surface area contributed by atoms with Gasteiger partial charge in [0.1, 0.15) is 0 Å². The SMILES string of the molecule is CC1/C=C/CCCCCCCCCCC(=O)OCC1. The fourth-order valence-electron chi connectivity index (χ4n) is 2.45. The molecule has 2 heteroatoms. The van der Waals surface area contributed by atoms with E-state index >= 15 is 0 Å². The lowest BCUT2D eigenvalue weighted by molar-refractivity contribution is -0.144. The van der Waals surface area contributed by atoms with Gasteiger partial charge < -0.3 is 4.74 Å². The van der Waals surface area contributed by atoms with Crippen molar-refractivity contribution in [3.05, 3.63) is 12.2 Å². The van der Waals surface area contributed by atoms with Gasteiger partial charge in [0, 0.05) is 6.42 Å². The Balaban J connectivity index is 2.27. The number of carbonyl (C=O) groups excluding carboxylic acids is 1. The number of esters is 1. The van der Waals surface area contributed by atoms with Crippen LogP contribution >= 0.6 is 0 Å². The number of carbonyl (C=O) groups is 1. The fourth-order valence-corrected chi connectivity index (χ4v) is 2.45. The molecule has 1 atom stereocenters. The van der Waals surface area contributed by atoms with Crippen LogP contribution in [-0.4, -0.2) is 12.6 Å². The molecule has 2 nitrogen and oxygen atoms in total. The summed E-state index contributed by atoms with van der Waals surface area (Å²) in [6, 6.07) is 0. The maximum Gasteiger partial charge on any atom is 0.305 e. The summed E-state index contributed by atoms with van der Waals surface area (Å²) in [4.78, 5) is 11.5. The largest absolute Gasteiger partial charge is 0.466 e. The molecule has 1 aliphatic rings. The summed E-state index contributed by atoms with van der Waals surface area (Å²) in [6.45, 7) is 2.77. The van der Waals surface area contributed by atoms with E-state index in [2.05, 4.69) is 19.1 Å². The molecule has 0 radical (unpaired) electrons. The van der Waals surface area contributed by atoms with E-state index < -0.39 is 0 Å². The molecule has 0 aromatic heterocycles. The summed E-state index contributed by atoms with van der Waals surface area (Å²) in [5.41, 5.74) is 0. The minimum atomic E-state index is -0.0134. The van der Waals surface area contributed by atoms with Crippen molar-refractivity contribution in [3.63, 3.8) is 0 Å². The van der Waals surface area contributed by atoms with Gasteiger partial charge in [0.15, 0.2) is 0 Å². The number of cyclic esters (lactones) is 1. The molecule has 0 saturated carbocycles. The molecule has 0 aromatic rings. The molecule has 0 saturated heterocycles. The zero-order valence-electron chi connectivity index (χ0n) is 12.5. The van der Waals surface area contributed by atoms with Crippen LogP contribution in [0.5, 0.6) is 0 Å². The summed E-state index contributed by atoms with van der Waals surface area (Å²) >= 11 is 0. The molecule has 0 fully saturated rings. The third-order valence-corrected chi connectivity index (χ3v) is 3.80. The topological polar surface area (TPSA) is 26.3 Å². The van der Waals surface area contributed by atoms with Crippen molar-refractivity contribution in [2.24, 2.45) is 5.92 Å². The Bertz CT molecular complexity index is 258. The van der Waals surface area contributed by atoms with Gasteiger partial charge >= 0.3 is 5.97 Å². The molecule has 1 heterocycles. The first-order valence-electron chi connectivity index (χ1n) is 8.11. The monoisotopic (exact) mass is 266 g/mol. The van der Waals surface area contributed by atoms with Crippen LogP contribution in [0, 0.1) is 5.92 Å². The van der Waals surface area contributed by atoms with Crippen molar-refractivity contribution in [3.8, 4) is 0 Å². The minimum Gasteiger partial charge on any atom is -0.466 e. The van der Waals surface area contributed by atoms with Gasteiger partial charge in [-0.15, -0.1) is 0 Å². The Morgan fingerprint density at radius 3 is 2.37 bits per heavy atom. The van der Waals surface area contributed by atoms with E-state index in [9.17, 15) is 4.79 Å². The van der Waals surface area contributed by atoms with Crippen LogP contribution in [-0.2, 0) is 9.53 Å². The third-order valence-electron chi connectivity index (χ3n) is 3.80. The fraction of sp³-hybridized carbons (Fsp3) is 0.824. The first-order chi connectivity index (χ1) is 9.29. The molecule has 0 spiro atoms. The van der Waals surface area contributed by atoms with Crippen LogP contribution in [0.4, 0.5) is 0 Å². The number of rotatable bonds is 0. The van der Waals surface area contributed by atoms with Gasteiger partial charge in [-0.05, 0) is 31.6 Å². The van der Waals surface area contributed by atoms with E-state index in [0.29, 0.717) is 18.9 Å². The Labute approximate surface area is 118 Å². The molecule has 1 unspecified atom stereocenters. The second-order valence-electron chi connectivity index (χ2n) is 5.78. The number of hydrogen-bond acceptors (Lipinski definition) is 2. The van der Waals surface area contributed by atoms with Crippen molar-refractivity contribution in [1.82, 2.24) is 0 Å². The summed E-state index contributed by atoms with van der Waals surface area (Å²) in [7, 11) is 0. The molecule has 19 heavy (non-hydrogen) atoms. The Hall–Kier alpha value is -0.790. The van der Waals surface area contributed by atoms with Gasteiger partial charge in [-0.25, -0.2) is 0 Å². The lowest BCUT2D eigenvalue weighted by atomic mass is 10.1. The van der Waals surface area contributed by atoms with Crippen LogP contribution in [0.15, 0.2) is 12.2 Å². The Morgan fingerprint density at radius 1 is 1.00 bits per heavy atom. The summed E-state index contributed by atoms with van der Waals surface area (Å²) < 4.78 is 5.27. The molecular weight excluding hydrogens is 236 g/mol. The van der Waals surface area contributed by atoms with Gasteiger partial charge in [-0.1, -0.05) is 57.6 Å². The smallest absolute Gasteiger partial charge is 0.305 e. The highest BCUT2D eigenvalue weighted by atomic mass is 16.5. The zero-order valence-corrected chi connectivity index (χ0v) is 12.5. The maximum absolute atomic E-state index is 11.5. The first-order valence-corrected chi connectivity index (χ1v) is 8.11. The molecule has 110 valence electrons. The molecule has 1 rings (SSSR count). The predicted molar refractivity (Wildman–Crippen MR) is 80.1 cm³/mol. The summed E-state index contributed by atoms with van der Waals surface area (Å²) in [5, 5.41) is 0. The van der Waals surface area contributed by atoms with Gasteiger partial charge in [0.05, 0.1) is 6.61 Å². The van der Waals surface area contributed by atoms with Gasteiger partial charge in [0.2, 0.25) is 0 Å². The average molecular weight is 266 g/mol. The van der Waals surface area contributed by atoms with Crippen molar-refractivity contribution >= 4 is 5.97 Å². The number of hydrogen-bond donors (Lipinski definition) is 0. The first kappa shape index (κ1) is 16.3. The predicted octanol–water partition coefficient (Wildman–Crippen LogP) is 5.03. The molecule has 1 aliphatic heterocycles. The second-order valence-corrected chi connectivity index (χ2v) is 5.78. The lowest BCUT2D eigenvalue weighted by Crippen LogP contribution is -2.07. The average Bonchev–Trinajstić information content (AvgIpc) is 2.39. The van der Waals surface area contributed by atoms with Crippen LogP contribution < -0.4 is 0 Å². The minimum absolute atomic E-state index is 0.0134. The van der Waals surface area contributed by atoms with Crippen LogP contribution in [0.1, 0.15) is 77.6 Å². The number of allylic oxidation sites excluding steroid dienone is 2. The van der Waals surface area contributed by atoms with Crippen LogP contribution in [0.2, 0.25) is 0 Å². The highest BCUT2D eigenvalue weighted by Crippen LogP contribution is 2.13. The zero-order chi connectivity index (χ0) is 13.8. The van der Waals surface area contributed by atoms with E-state index in [1.807, 2.05) is 0 Å². The summed E-state index contributed by atoms with van der Waals surface area (Å²) in [5.74, 6) is 0.504. The van der Waals surface area contributed by atoms with Crippen molar-refractivity contribution in [2.45, 2.75) is 77.6 Å². The van der Waals surface area contributed by atoms with E-state index in [-0.39, 0.29) is 5.97 Å². The molecule has 0 aromatic carbocycles. The quantitative estimate of drug-likeness (QED) is 0.454. The normalized spacial score (nSPS) is 27.2. The molecule has 0 amide bonds. The third kappa shape index (κ3) is 9.75. The molecule has 0 N–H and O–H groups in total. The number of ether oxygens (including phenoxy) is 1. The maximum atomic E-state index is 11.5. The Morgan fingerprint density at radius 2 is 1.63 bits per heavy atom. The van der Waals surface area contributed by atoms with E-state index in [1.165, 1.54) is 51.4 Å². The van der Waals surface area contributed by atoms with E-state index in [0.717, 1.165) is 12.8 Å². The highest BCUT2D eigenvalue weighted by Gasteiger charge is 2.04. The van der Waals surface area contributed by atoms with E-state index in [4.69, 9.17) is 4.74 Å².